The van der Waals surface area contributed by atoms with Gasteiger partial charge in [-0.25, -0.2) is 0 Å². The van der Waals surface area contributed by atoms with Gasteiger partial charge in [0, 0.05) is 12.3 Å². The normalized spacial score (nSPS) is 11.8. The Hall–Kier alpha value is -2.73. The minimum atomic E-state index is -0.221. The monoisotopic (exact) mass is 395 g/mol. The fourth-order valence-corrected chi connectivity index (χ4v) is 3.69. The summed E-state index contributed by atoms with van der Waals surface area (Å²) < 4.78 is 13.4. The maximum Gasteiger partial charge on any atom is 0.191 e. The summed E-state index contributed by atoms with van der Waals surface area (Å²) in [5, 5.41) is 9.62. The summed E-state index contributed by atoms with van der Waals surface area (Å²) in [6.45, 7) is 8.54. The van der Waals surface area contributed by atoms with E-state index in [2.05, 4.69) is 34.3 Å². The van der Waals surface area contributed by atoms with Gasteiger partial charge in [-0.1, -0.05) is 47.7 Å². The van der Waals surface area contributed by atoms with Crippen LogP contribution in [-0.2, 0) is 12.3 Å². The Balaban J connectivity index is 1.74. The van der Waals surface area contributed by atoms with Crippen molar-refractivity contribution in [2.24, 2.45) is 0 Å². The number of ether oxygens (including phenoxy) is 2. The summed E-state index contributed by atoms with van der Waals surface area (Å²) in [7, 11) is 1.68. The molecule has 0 N–H and O–H groups in total. The fraction of sp³-hybridized carbons (Fsp3) is 0.273. The first kappa shape index (κ1) is 20.0. The smallest absolute Gasteiger partial charge is 0.191 e. The highest BCUT2D eigenvalue weighted by Crippen LogP contribution is 2.27. The van der Waals surface area contributed by atoms with E-state index in [1.807, 2.05) is 55.5 Å². The number of methoxy groups -OCH3 is 1. The summed E-state index contributed by atoms with van der Waals surface area (Å²) in [4.78, 5) is 0. The van der Waals surface area contributed by atoms with E-state index < -0.39 is 0 Å². The lowest BCUT2D eigenvalue weighted by Crippen LogP contribution is -2.12. The number of hydrogen-bond donors (Lipinski definition) is 0. The molecule has 1 heterocycles. The Bertz CT molecular complexity index is 922. The first-order chi connectivity index (χ1) is 13.6. The van der Waals surface area contributed by atoms with Crippen LogP contribution in [0.2, 0.25) is 0 Å². The molecule has 0 saturated heterocycles. The third kappa shape index (κ3) is 4.95. The van der Waals surface area contributed by atoms with Crippen molar-refractivity contribution in [1.82, 2.24) is 14.8 Å². The maximum atomic E-state index is 6.07. The van der Waals surface area contributed by atoms with Gasteiger partial charge >= 0.3 is 0 Å². The van der Waals surface area contributed by atoms with Gasteiger partial charge in [0.1, 0.15) is 11.5 Å². The highest BCUT2D eigenvalue weighted by molar-refractivity contribution is 7.98. The number of rotatable bonds is 9. The molecule has 146 valence electrons. The zero-order valence-electron chi connectivity index (χ0n) is 16.5. The van der Waals surface area contributed by atoms with E-state index in [9.17, 15) is 0 Å². The van der Waals surface area contributed by atoms with Crippen LogP contribution in [0.5, 0.6) is 11.5 Å². The number of aryl methyl sites for hydroxylation is 1. The molecule has 0 aliphatic carbocycles. The van der Waals surface area contributed by atoms with E-state index >= 15 is 0 Å². The summed E-state index contributed by atoms with van der Waals surface area (Å²) >= 11 is 1.64. The number of aromatic nitrogens is 3. The van der Waals surface area contributed by atoms with Crippen LogP contribution in [0.4, 0.5) is 0 Å². The zero-order valence-corrected chi connectivity index (χ0v) is 17.3. The van der Waals surface area contributed by atoms with Crippen molar-refractivity contribution in [3.8, 4) is 11.5 Å². The van der Waals surface area contributed by atoms with Crippen LogP contribution in [0.1, 0.15) is 30.0 Å². The van der Waals surface area contributed by atoms with Gasteiger partial charge in [-0.3, -0.25) is 4.57 Å². The molecule has 1 unspecified atom stereocenters. The van der Waals surface area contributed by atoms with Crippen molar-refractivity contribution in [3.05, 3.63) is 78.1 Å². The molecule has 5 nitrogen and oxygen atoms in total. The van der Waals surface area contributed by atoms with E-state index in [4.69, 9.17) is 9.47 Å². The SMILES string of the molecule is C=CCn1c(SCc2cccc(OC)c2)nnc1C(C)Oc1ccc(C)cc1. The number of hydrogen-bond acceptors (Lipinski definition) is 5. The molecule has 0 spiro atoms. The molecular weight excluding hydrogens is 370 g/mol. The second kappa shape index (κ2) is 9.46. The molecule has 0 amide bonds. The van der Waals surface area contributed by atoms with Gasteiger partial charge in [0.2, 0.25) is 0 Å². The van der Waals surface area contributed by atoms with Crippen LogP contribution in [0, 0.1) is 6.92 Å². The molecular formula is C22H25N3O2S. The average Bonchev–Trinajstić information content (AvgIpc) is 3.11. The van der Waals surface area contributed by atoms with Crippen molar-refractivity contribution in [2.75, 3.05) is 7.11 Å². The van der Waals surface area contributed by atoms with Gasteiger partial charge in [-0.2, -0.15) is 0 Å². The van der Waals surface area contributed by atoms with Crippen LogP contribution in [0.25, 0.3) is 0 Å². The van der Waals surface area contributed by atoms with Crippen molar-refractivity contribution in [1.29, 1.82) is 0 Å². The number of thioether (sulfide) groups is 1. The third-order valence-electron chi connectivity index (χ3n) is 4.26. The van der Waals surface area contributed by atoms with Gasteiger partial charge in [0.15, 0.2) is 17.1 Å². The first-order valence-corrected chi connectivity index (χ1v) is 10.1. The molecule has 6 heteroatoms. The van der Waals surface area contributed by atoms with Crippen LogP contribution in [0.15, 0.2) is 66.3 Å². The summed E-state index contributed by atoms with van der Waals surface area (Å²) in [5.41, 5.74) is 2.37. The lowest BCUT2D eigenvalue weighted by atomic mass is 10.2. The van der Waals surface area contributed by atoms with Gasteiger partial charge in [0.05, 0.1) is 7.11 Å². The molecule has 1 atom stereocenters. The molecule has 0 aliphatic heterocycles. The minimum absolute atomic E-state index is 0.221. The van der Waals surface area contributed by atoms with Crippen molar-refractivity contribution in [3.63, 3.8) is 0 Å². The predicted octanol–water partition coefficient (Wildman–Crippen LogP) is 5.21. The molecule has 0 radical (unpaired) electrons. The van der Waals surface area contributed by atoms with Crippen molar-refractivity contribution >= 4 is 11.8 Å². The first-order valence-electron chi connectivity index (χ1n) is 9.13. The quantitative estimate of drug-likeness (QED) is 0.367. The van der Waals surface area contributed by atoms with Crippen LogP contribution in [-0.4, -0.2) is 21.9 Å². The number of benzene rings is 2. The molecule has 0 saturated carbocycles. The molecule has 2 aromatic carbocycles. The van der Waals surface area contributed by atoms with Crippen LogP contribution in [0.3, 0.4) is 0 Å². The maximum absolute atomic E-state index is 6.07. The molecule has 0 fully saturated rings. The molecule has 1 aromatic heterocycles. The fourth-order valence-electron chi connectivity index (χ4n) is 2.79. The minimum Gasteiger partial charge on any atom is -0.497 e. The van der Waals surface area contributed by atoms with Crippen molar-refractivity contribution in [2.45, 2.75) is 37.4 Å². The highest BCUT2D eigenvalue weighted by Gasteiger charge is 2.19. The zero-order chi connectivity index (χ0) is 19.9. The van der Waals surface area contributed by atoms with Gasteiger partial charge in [-0.05, 0) is 43.7 Å². The second-order valence-electron chi connectivity index (χ2n) is 6.45. The van der Waals surface area contributed by atoms with E-state index in [-0.39, 0.29) is 6.10 Å². The highest BCUT2D eigenvalue weighted by atomic mass is 32.2. The van der Waals surface area contributed by atoms with Crippen molar-refractivity contribution < 1.29 is 9.47 Å². The molecule has 28 heavy (non-hydrogen) atoms. The summed E-state index contributed by atoms with van der Waals surface area (Å²) in [5.74, 6) is 3.23. The van der Waals surface area contributed by atoms with E-state index in [0.717, 1.165) is 28.2 Å². The lowest BCUT2D eigenvalue weighted by molar-refractivity contribution is 0.210. The Labute approximate surface area is 170 Å². The molecule has 0 aliphatic rings. The van der Waals surface area contributed by atoms with Crippen LogP contribution < -0.4 is 9.47 Å². The molecule has 3 rings (SSSR count). The lowest BCUT2D eigenvalue weighted by Gasteiger charge is -2.16. The standard InChI is InChI=1S/C22H25N3O2S/c1-5-13-25-21(17(3)27-19-11-9-16(2)10-12-19)23-24-22(25)28-15-18-7-6-8-20(14-18)26-4/h5-12,14,17H,1,13,15H2,2-4H3. The Morgan fingerprint density at radius 3 is 2.64 bits per heavy atom. The van der Waals surface area contributed by atoms with E-state index in [1.54, 1.807) is 18.9 Å². The summed E-state index contributed by atoms with van der Waals surface area (Å²) in [6, 6.07) is 16.1. The van der Waals surface area contributed by atoms with E-state index in [1.165, 1.54) is 11.1 Å². The largest absolute Gasteiger partial charge is 0.497 e. The van der Waals surface area contributed by atoms with Gasteiger partial charge in [-0.15, -0.1) is 16.8 Å². The van der Waals surface area contributed by atoms with E-state index in [0.29, 0.717) is 6.54 Å². The predicted molar refractivity (Wildman–Crippen MR) is 113 cm³/mol. The number of allylic oxidation sites excluding steroid dienone is 1. The molecule has 3 aromatic rings. The molecule has 0 bridgehead atoms. The van der Waals surface area contributed by atoms with Gasteiger partial charge < -0.3 is 9.47 Å². The Morgan fingerprint density at radius 1 is 1.14 bits per heavy atom. The Morgan fingerprint density at radius 2 is 1.93 bits per heavy atom. The van der Waals surface area contributed by atoms with Crippen LogP contribution >= 0.6 is 11.8 Å². The average molecular weight is 396 g/mol. The second-order valence-corrected chi connectivity index (χ2v) is 7.40. The Kier molecular flexibility index (Phi) is 6.76. The summed E-state index contributed by atoms with van der Waals surface area (Å²) in [6.07, 6.45) is 1.63. The van der Waals surface area contributed by atoms with Gasteiger partial charge in [0.25, 0.3) is 0 Å². The third-order valence-corrected chi connectivity index (χ3v) is 5.29. The topological polar surface area (TPSA) is 49.2 Å². The number of nitrogens with zero attached hydrogens (tertiary/aromatic N) is 3.